The zero-order valence-electron chi connectivity index (χ0n) is 9.41. The fourth-order valence-electron chi connectivity index (χ4n) is 1.57. The molecule has 0 unspecified atom stereocenters. The summed E-state index contributed by atoms with van der Waals surface area (Å²) < 4.78 is 14.8. The highest BCUT2D eigenvalue weighted by atomic mass is 79.9. The SMILES string of the molecule is N#Cc1cccc(CNCc2cc(Br)cs2)c1F. The van der Waals surface area contributed by atoms with E-state index in [9.17, 15) is 4.39 Å². The van der Waals surface area contributed by atoms with Gasteiger partial charge in [-0.05, 0) is 28.1 Å². The lowest BCUT2D eigenvalue weighted by molar-refractivity contribution is 0.586. The second kappa shape index (κ2) is 6.10. The molecule has 0 saturated heterocycles. The van der Waals surface area contributed by atoms with Crippen LogP contribution in [0, 0.1) is 17.1 Å². The molecule has 1 N–H and O–H groups in total. The molecule has 2 nitrogen and oxygen atoms in total. The van der Waals surface area contributed by atoms with E-state index >= 15 is 0 Å². The van der Waals surface area contributed by atoms with Crippen LogP contribution < -0.4 is 5.32 Å². The summed E-state index contributed by atoms with van der Waals surface area (Å²) in [4.78, 5) is 1.18. The standard InChI is InChI=1S/C13H10BrFN2S/c14-11-4-12(18-8-11)7-17-6-10-3-1-2-9(5-16)13(10)15/h1-4,8,17H,6-7H2. The Morgan fingerprint density at radius 1 is 1.39 bits per heavy atom. The largest absolute Gasteiger partial charge is 0.308 e. The maximum absolute atomic E-state index is 13.7. The first kappa shape index (κ1) is 13.2. The third-order valence-electron chi connectivity index (χ3n) is 2.44. The molecule has 1 heterocycles. The minimum absolute atomic E-state index is 0.0909. The summed E-state index contributed by atoms with van der Waals surface area (Å²) >= 11 is 5.03. The fraction of sp³-hybridized carbons (Fsp3) is 0.154. The molecule has 0 saturated carbocycles. The lowest BCUT2D eigenvalue weighted by Gasteiger charge is -2.05. The van der Waals surface area contributed by atoms with Crippen LogP contribution in [0.25, 0.3) is 0 Å². The molecule has 18 heavy (non-hydrogen) atoms. The number of benzene rings is 1. The van der Waals surface area contributed by atoms with Crippen LogP contribution in [0.15, 0.2) is 34.1 Å². The Morgan fingerprint density at radius 2 is 2.22 bits per heavy atom. The van der Waals surface area contributed by atoms with Crippen LogP contribution in [0.4, 0.5) is 4.39 Å². The highest BCUT2D eigenvalue weighted by Gasteiger charge is 2.07. The van der Waals surface area contributed by atoms with E-state index in [0.29, 0.717) is 18.7 Å². The van der Waals surface area contributed by atoms with E-state index < -0.39 is 5.82 Å². The molecule has 0 atom stereocenters. The zero-order valence-corrected chi connectivity index (χ0v) is 11.8. The van der Waals surface area contributed by atoms with E-state index in [1.807, 2.05) is 17.5 Å². The van der Waals surface area contributed by atoms with Crippen molar-refractivity contribution in [3.63, 3.8) is 0 Å². The third kappa shape index (κ3) is 3.16. The zero-order chi connectivity index (χ0) is 13.0. The quantitative estimate of drug-likeness (QED) is 0.928. The Bertz CT molecular complexity index is 589. The summed E-state index contributed by atoms with van der Waals surface area (Å²) in [6.07, 6.45) is 0. The molecule has 1 aromatic heterocycles. The first-order valence-corrected chi connectivity index (χ1v) is 6.99. The van der Waals surface area contributed by atoms with Crippen molar-refractivity contribution in [3.05, 3.63) is 55.9 Å². The van der Waals surface area contributed by atoms with Gasteiger partial charge in [-0.3, -0.25) is 0 Å². The van der Waals surface area contributed by atoms with E-state index in [-0.39, 0.29) is 5.56 Å². The van der Waals surface area contributed by atoms with Crippen LogP contribution in [-0.4, -0.2) is 0 Å². The lowest BCUT2D eigenvalue weighted by Crippen LogP contribution is -2.13. The fourth-order valence-corrected chi connectivity index (χ4v) is 2.99. The van der Waals surface area contributed by atoms with Crippen LogP contribution in [0.1, 0.15) is 16.0 Å². The van der Waals surface area contributed by atoms with Crippen molar-refractivity contribution in [1.29, 1.82) is 5.26 Å². The van der Waals surface area contributed by atoms with Gasteiger partial charge in [0.1, 0.15) is 11.9 Å². The number of hydrogen-bond acceptors (Lipinski definition) is 3. The minimum Gasteiger partial charge on any atom is -0.308 e. The summed E-state index contributed by atoms with van der Waals surface area (Å²) in [5.74, 6) is -0.431. The molecule has 0 fully saturated rings. The van der Waals surface area contributed by atoms with Crippen LogP contribution in [0.2, 0.25) is 0 Å². The monoisotopic (exact) mass is 324 g/mol. The Labute approximate surface area is 117 Å². The summed E-state index contributed by atoms with van der Waals surface area (Å²) in [6.45, 7) is 1.10. The molecule has 0 aliphatic rings. The summed E-state index contributed by atoms with van der Waals surface area (Å²) in [5.41, 5.74) is 0.609. The topological polar surface area (TPSA) is 35.8 Å². The second-order valence-corrected chi connectivity index (χ2v) is 5.64. The van der Waals surface area contributed by atoms with Crippen molar-refractivity contribution < 1.29 is 4.39 Å². The van der Waals surface area contributed by atoms with Crippen LogP contribution in [-0.2, 0) is 13.1 Å². The molecule has 0 aliphatic carbocycles. The van der Waals surface area contributed by atoms with Crippen molar-refractivity contribution in [2.75, 3.05) is 0 Å². The number of nitrogens with one attached hydrogen (secondary N) is 1. The number of thiophene rings is 1. The number of nitrogens with zero attached hydrogens (tertiary/aromatic N) is 1. The number of hydrogen-bond donors (Lipinski definition) is 1. The van der Waals surface area contributed by atoms with Crippen LogP contribution >= 0.6 is 27.3 Å². The molecule has 0 aliphatic heterocycles. The van der Waals surface area contributed by atoms with Gasteiger partial charge in [0.25, 0.3) is 0 Å². The van der Waals surface area contributed by atoms with E-state index in [1.165, 1.54) is 10.9 Å². The molecule has 0 bridgehead atoms. The average Bonchev–Trinajstić information content (AvgIpc) is 2.77. The van der Waals surface area contributed by atoms with Gasteiger partial charge < -0.3 is 5.32 Å². The smallest absolute Gasteiger partial charge is 0.145 e. The maximum atomic E-state index is 13.7. The number of nitriles is 1. The minimum atomic E-state index is -0.431. The van der Waals surface area contributed by atoms with Crippen molar-refractivity contribution in [2.24, 2.45) is 0 Å². The Kier molecular flexibility index (Phi) is 4.48. The van der Waals surface area contributed by atoms with Gasteiger partial charge in [0.15, 0.2) is 0 Å². The highest BCUT2D eigenvalue weighted by molar-refractivity contribution is 9.10. The summed E-state index contributed by atoms with van der Waals surface area (Å²) in [7, 11) is 0. The molecule has 0 radical (unpaired) electrons. The predicted molar refractivity (Wildman–Crippen MR) is 73.7 cm³/mol. The lowest BCUT2D eigenvalue weighted by atomic mass is 10.1. The molecular formula is C13H10BrFN2S. The summed E-state index contributed by atoms with van der Waals surface area (Å²) in [6, 6.07) is 8.73. The number of rotatable bonds is 4. The van der Waals surface area contributed by atoms with Gasteiger partial charge in [0, 0.05) is 33.4 Å². The van der Waals surface area contributed by atoms with Gasteiger partial charge in [0.05, 0.1) is 5.56 Å². The molecule has 0 amide bonds. The normalized spacial score (nSPS) is 10.3. The highest BCUT2D eigenvalue weighted by Crippen LogP contribution is 2.19. The molecule has 0 spiro atoms. The second-order valence-electron chi connectivity index (χ2n) is 3.73. The third-order valence-corrected chi connectivity index (χ3v) is 4.13. The first-order chi connectivity index (χ1) is 8.70. The van der Waals surface area contributed by atoms with Gasteiger partial charge in [-0.25, -0.2) is 4.39 Å². The van der Waals surface area contributed by atoms with E-state index in [0.717, 1.165) is 4.47 Å². The molecular weight excluding hydrogens is 315 g/mol. The molecule has 2 aromatic rings. The molecule has 92 valence electrons. The van der Waals surface area contributed by atoms with Gasteiger partial charge in [0.2, 0.25) is 0 Å². The molecule has 2 rings (SSSR count). The summed E-state index contributed by atoms with van der Waals surface area (Å²) in [5, 5.41) is 13.9. The first-order valence-electron chi connectivity index (χ1n) is 5.32. The van der Waals surface area contributed by atoms with Crippen LogP contribution in [0.5, 0.6) is 0 Å². The van der Waals surface area contributed by atoms with Crippen molar-refractivity contribution >= 4 is 27.3 Å². The van der Waals surface area contributed by atoms with Crippen molar-refractivity contribution in [3.8, 4) is 6.07 Å². The van der Waals surface area contributed by atoms with Gasteiger partial charge in [-0.1, -0.05) is 12.1 Å². The van der Waals surface area contributed by atoms with Crippen molar-refractivity contribution in [2.45, 2.75) is 13.1 Å². The van der Waals surface area contributed by atoms with Gasteiger partial charge in [-0.15, -0.1) is 11.3 Å². The molecule has 5 heteroatoms. The Balaban J connectivity index is 1.97. The number of halogens is 2. The Hall–Kier alpha value is -1.22. The maximum Gasteiger partial charge on any atom is 0.145 e. The van der Waals surface area contributed by atoms with E-state index in [1.54, 1.807) is 23.5 Å². The van der Waals surface area contributed by atoms with E-state index in [2.05, 4.69) is 21.2 Å². The van der Waals surface area contributed by atoms with E-state index in [4.69, 9.17) is 5.26 Å². The van der Waals surface area contributed by atoms with Gasteiger partial charge >= 0.3 is 0 Å². The molecule has 1 aromatic carbocycles. The predicted octanol–water partition coefficient (Wildman–Crippen LogP) is 3.81. The average molecular weight is 325 g/mol. The Morgan fingerprint density at radius 3 is 2.89 bits per heavy atom. The van der Waals surface area contributed by atoms with Crippen molar-refractivity contribution in [1.82, 2.24) is 5.32 Å². The van der Waals surface area contributed by atoms with Crippen LogP contribution in [0.3, 0.4) is 0 Å². The van der Waals surface area contributed by atoms with Gasteiger partial charge in [-0.2, -0.15) is 5.26 Å².